The Labute approximate surface area is 123 Å². The Hall–Kier alpha value is -1.89. The number of amides is 1. The van der Waals surface area contributed by atoms with Gasteiger partial charge in [-0.2, -0.15) is 0 Å². The van der Waals surface area contributed by atoms with Crippen LogP contribution in [0.4, 0.5) is 4.39 Å². The largest absolute Gasteiger partial charge is 0.483 e. The summed E-state index contributed by atoms with van der Waals surface area (Å²) in [6, 6.07) is 4.03. The standard InChI is InChI=1S/C13H13BrFN3O2/c14-11-5-9(15)1-2-12(11)20-7-13(19)17-4-3-10-6-16-8-18-10/h1-2,5-6,8H,3-4,7H2,(H,16,18)(H,17,19). The second-order valence-electron chi connectivity index (χ2n) is 4.04. The van der Waals surface area contributed by atoms with Crippen LogP contribution in [0.25, 0.3) is 0 Å². The number of ether oxygens (including phenoxy) is 1. The van der Waals surface area contributed by atoms with E-state index < -0.39 is 0 Å². The minimum atomic E-state index is -0.367. The monoisotopic (exact) mass is 341 g/mol. The van der Waals surface area contributed by atoms with E-state index in [0.717, 1.165) is 5.69 Å². The van der Waals surface area contributed by atoms with Crippen molar-refractivity contribution in [1.82, 2.24) is 15.3 Å². The average molecular weight is 342 g/mol. The SMILES string of the molecule is O=C(COc1ccc(F)cc1Br)NCCc1cnc[nH]1. The van der Waals surface area contributed by atoms with Gasteiger partial charge in [-0.1, -0.05) is 0 Å². The van der Waals surface area contributed by atoms with Crippen molar-refractivity contribution in [1.29, 1.82) is 0 Å². The molecule has 2 aromatic rings. The van der Waals surface area contributed by atoms with Crippen LogP contribution in [0.15, 0.2) is 35.2 Å². The number of H-pyrrole nitrogens is 1. The van der Waals surface area contributed by atoms with Gasteiger partial charge in [-0.25, -0.2) is 9.37 Å². The number of hydrogen-bond donors (Lipinski definition) is 2. The summed E-state index contributed by atoms with van der Waals surface area (Å²) >= 11 is 3.17. The molecule has 7 heteroatoms. The zero-order valence-corrected chi connectivity index (χ0v) is 12.1. The molecule has 1 aromatic carbocycles. The molecule has 0 bridgehead atoms. The van der Waals surface area contributed by atoms with E-state index in [-0.39, 0.29) is 18.3 Å². The molecule has 2 rings (SSSR count). The quantitative estimate of drug-likeness (QED) is 0.844. The molecule has 0 radical (unpaired) electrons. The first-order valence-corrected chi connectivity index (χ1v) is 6.76. The highest BCUT2D eigenvalue weighted by atomic mass is 79.9. The lowest BCUT2D eigenvalue weighted by atomic mass is 10.3. The Morgan fingerprint density at radius 3 is 3.05 bits per heavy atom. The lowest BCUT2D eigenvalue weighted by Gasteiger charge is -2.08. The fourth-order valence-electron chi connectivity index (χ4n) is 1.54. The van der Waals surface area contributed by atoms with Gasteiger partial charge in [-0.3, -0.25) is 4.79 Å². The van der Waals surface area contributed by atoms with Crippen LogP contribution in [-0.4, -0.2) is 29.0 Å². The van der Waals surface area contributed by atoms with E-state index in [1.54, 1.807) is 12.5 Å². The molecule has 20 heavy (non-hydrogen) atoms. The van der Waals surface area contributed by atoms with Crippen molar-refractivity contribution in [2.75, 3.05) is 13.2 Å². The second kappa shape index (κ2) is 7.04. The first kappa shape index (κ1) is 14.5. The normalized spacial score (nSPS) is 10.3. The van der Waals surface area contributed by atoms with Gasteiger partial charge in [0.05, 0.1) is 10.8 Å². The maximum absolute atomic E-state index is 12.9. The molecule has 0 unspecified atom stereocenters. The molecule has 0 atom stereocenters. The summed E-state index contributed by atoms with van der Waals surface area (Å²) in [6.45, 7) is 0.377. The summed E-state index contributed by atoms with van der Waals surface area (Å²) in [5.41, 5.74) is 0.951. The fourth-order valence-corrected chi connectivity index (χ4v) is 2.01. The highest BCUT2D eigenvalue weighted by Gasteiger charge is 2.06. The molecular formula is C13H13BrFN3O2. The molecule has 0 aliphatic rings. The number of nitrogens with one attached hydrogen (secondary N) is 2. The topological polar surface area (TPSA) is 67.0 Å². The van der Waals surface area contributed by atoms with E-state index in [2.05, 4.69) is 31.2 Å². The molecule has 1 aromatic heterocycles. The van der Waals surface area contributed by atoms with E-state index in [9.17, 15) is 9.18 Å². The van der Waals surface area contributed by atoms with E-state index in [1.165, 1.54) is 18.2 Å². The van der Waals surface area contributed by atoms with Crippen LogP contribution in [0.5, 0.6) is 5.75 Å². The average Bonchev–Trinajstić information content (AvgIpc) is 2.91. The van der Waals surface area contributed by atoms with Crippen LogP contribution in [-0.2, 0) is 11.2 Å². The second-order valence-corrected chi connectivity index (χ2v) is 4.89. The van der Waals surface area contributed by atoms with Gasteiger partial charge in [0.1, 0.15) is 11.6 Å². The molecule has 0 spiro atoms. The van der Waals surface area contributed by atoms with Gasteiger partial charge in [0.2, 0.25) is 0 Å². The predicted molar refractivity (Wildman–Crippen MR) is 74.9 cm³/mol. The number of carbonyl (C=O) groups excluding carboxylic acids is 1. The van der Waals surface area contributed by atoms with Crippen LogP contribution in [0.2, 0.25) is 0 Å². The lowest BCUT2D eigenvalue weighted by Crippen LogP contribution is -2.30. The zero-order chi connectivity index (χ0) is 14.4. The number of rotatable bonds is 6. The smallest absolute Gasteiger partial charge is 0.257 e. The Kier molecular flexibility index (Phi) is 5.11. The fraction of sp³-hybridized carbons (Fsp3) is 0.231. The number of nitrogens with zero attached hydrogens (tertiary/aromatic N) is 1. The first-order valence-electron chi connectivity index (χ1n) is 5.97. The zero-order valence-electron chi connectivity index (χ0n) is 10.5. The van der Waals surface area contributed by atoms with Crippen molar-refractivity contribution in [2.24, 2.45) is 0 Å². The highest BCUT2D eigenvalue weighted by molar-refractivity contribution is 9.10. The number of hydrogen-bond acceptors (Lipinski definition) is 3. The summed E-state index contributed by atoms with van der Waals surface area (Å²) in [5, 5.41) is 2.72. The summed E-state index contributed by atoms with van der Waals surface area (Å²) < 4.78 is 18.6. The molecule has 1 amide bonds. The van der Waals surface area contributed by atoms with E-state index in [1.807, 2.05) is 0 Å². The minimum absolute atomic E-state index is 0.118. The van der Waals surface area contributed by atoms with Gasteiger partial charge in [-0.05, 0) is 34.1 Å². The molecule has 106 valence electrons. The van der Waals surface area contributed by atoms with Crippen LogP contribution in [0.1, 0.15) is 5.69 Å². The van der Waals surface area contributed by atoms with Crippen LogP contribution < -0.4 is 10.1 Å². The molecule has 1 heterocycles. The van der Waals surface area contributed by atoms with E-state index in [4.69, 9.17) is 4.74 Å². The first-order chi connectivity index (χ1) is 9.65. The number of aromatic amines is 1. The van der Waals surface area contributed by atoms with Gasteiger partial charge in [0, 0.05) is 24.9 Å². The Morgan fingerprint density at radius 2 is 2.35 bits per heavy atom. The summed E-state index contributed by atoms with van der Waals surface area (Å²) in [5.74, 6) is -0.177. The number of imidazole rings is 1. The Morgan fingerprint density at radius 1 is 1.50 bits per heavy atom. The van der Waals surface area contributed by atoms with E-state index in [0.29, 0.717) is 23.2 Å². The number of aromatic nitrogens is 2. The number of halogens is 2. The van der Waals surface area contributed by atoms with Crippen LogP contribution >= 0.6 is 15.9 Å². The third-order valence-electron chi connectivity index (χ3n) is 2.52. The van der Waals surface area contributed by atoms with E-state index >= 15 is 0 Å². The van der Waals surface area contributed by atoms with Crippen molar-refractivity contribution >= 4 is 21.8 Å². The molecule has 0 saturated carbocycles. The molecule has 0 fully saturated rings. The molecule has 0 aliphatic heterocycles. The van der Waals surface area contributed by atoms with Crippen molar-refractivity contribution in [3.8, 4) is 5.75 Å². The lowest BCUT2D eigenvalue weighted by molar-refractivity contribution is -0.123. The van der Waals surface area contributed by atoms with Crippen molar-refractivity contribution in [2.45, 2.75) is 6.42 Å². The molecule has 2 N–H and O–H groups in total. The predicted octanol–water partition coefficient (Wildman–Crippen LogP) is 2.05. The molecule has 5 nitrogen and oxygen atoms in total. The molecule has 0 aliphatic carbocycles. The number of carbonyl (C=O) groups is 1. The molecular weight excluding hydrogens is 329 g/mol. The maximum atomic E-state index is 12.9. The van der Waals surface area contributed by atoms with Crippen molar-refractivity contribution < 1.29 is 13.9 Å². The van der Waals surface area contributed by atoms with Crippen LogP contribution in [0, 0.1) is 5.82 Å². The summed E-state index contributed by atoms with van der Waals surface area (Å²) in [4.78, 5) is 18.4. The van der Waals surface area contributed by atoms with Crippen molar-refractivity contribution in [3.63, 3.8) is 0 Å². The van der Waals surface area contributed by atoms with Crippen LogP contribution in [0.3, 0.4) is 0 Å². The Bertz CT molecular complexity index is 575. The van der Waals surface area contributed by atoms with Gasteiger partial charge >= 0.3 is 0 Å². The van der Waals surface area contributed by atoms with Crippen molar-refractivity contribution in [3.05, 3.63) is 46.7 Å². The van der Waals surface area contributed by atoms with Gasteiger partial charge in [0.15, 0.2) is 6.61 Å². The number of benzene rings is 1. The van der Waals surface area contributed by atoms with Gasteiger partial charge in [0.25, 0.3) is 5.91 Å². The van der Waals surface area contributed by atoms with Gasteiger partial charge in [-0.15, -0.1) is 0 Å². The third kappa shape index (κ3) is 4.34. The summed E-state index contributed by atoms with van der Waals surface area (Å²) in [6.07, 6.45) is 3.97. The third-order valence-corrected chi connectivity index (χ3v) is 3.14. The minimum Gasteiger partial charge on any atom is -0.483 e. The summed E-state index contributed by atoms with van der Waals surface area (Å²) in [7, 11) is 0. The molecule has 0 saturated heterocycles. The highest BCUT2D eigenvalue weighted by Crippen LogP contribution is 2.25. The maximum Gasteiger partial charge on any atom is 0.257 e. The Balaban J connectivity index is 1.72. The van der Waals surface area contributed by atoms with Gasteiger partial charge < -0.3 is 15.0 Å².